The maximum Gasteiger partial charge on any atom is 0.525 e. The van der Waals surface area contributed by atoms with Gasteiger partial charge in [0.25, 0.3) is 0 Å². The van der Waals surface area contributed by atoms with Crippen LogP contribution < -0.4 is 5.32 Å². The van der Waals surface area contributed by atoms with Crippen molar-refractivity contribution in [2.75, 3.05) is 13.1 Å². The molecule has 2 aliphatic rings. The Balaban J connectivity index is 2.00. The van der Waals surface area contributed by atoms with Gasteiger partial charge in [0.05, 0.1) is 11.2 Å². The summed E-state index contributed by atoms with van der Waals surface area (Å²) in [4.78, 5) is 0. The predicted molar refractivity (Wildman–Crippen MR) is 104 cm³/mol. The molecule has 2 aliphatic heterocycles. The van der Waals surface area contributed by atoms with Crippen LogP contribution in [-0.2, 0) is 9.31 Å². The molecule has 1 aromatic rings. The van der Waals surface area contributed by atoms with Crippen molar-refractivity contribution >= 4 is 28.6 Å². The highest BCUT2D eigenvalue weighted by molar-refractivity contribution is 9.10. The van der Waals surface area contributed by atoms with Gasteiger partial charge in [-0.25, -0.2) is 4.39 Å². The third kappa shape index (κ3) is 3.87. The Labute approximate surface area is 158 Å². The fraction of sp³-hybridized carbons (Fsp3) is 0.579. The molecular weight excluding hydrogens is 384 g/mol. The van der Waals surface area contributed by atoms with Crippen LogP contribution in [0.3, 0.4) is 0 Å². The van der Waals surface area contributed by atoms with E-state index in [2.05, 4.69) is 21.2 Å². The molecule has 0 amide bonds. The van der Waals surface area contributed by atoms with Crippen LogP contribution in [0.1, 0.15) is 46.1 Å². The van der Waals surface area contributed by atoms with Crippen LogP contribution >= 0.6 is 15.9 Å². The van der Waals surface area contributed by atoms with Crippen LogP contribution in [0.15, 0.2) is 34.5 Å². The van der Waals surface area contributed by atoms with Gasteiger partial charge in [0.15, 0.2) is 0 Å². The highest BCUT2D eigenvalue weighted by Gasteiger charge is 2.53. The Hall–Kier alpha value is -0.685. The first kappa shape index (κ1) is 19.1. The number of rotatable bonds is 3. The zero-order chi connectivity index (χ0) is 18.2. The lowest BCUT2D eigenvalue weighted by molar-refractivity contribution is 0.00578. The highest BCUT2D eigenvalue weighted by Crippen LogP contribution is 2.42. The Morgan fingerprint density at radius 1 is 1.16 bits per heavy atom. The molecule has 0 saturated carbocycles. The van der Waals surface area contributed by atoms with Crippen molar-refractivity contribution in [3.05, 3.63) is 40.0 Å². The Kier molecular flexibility index (Phi) is 5.45. The maximum absolute atomic E-state index is 15.6. The largest absolute Gasteiger partial charge is 0.525 e. The number of benzene rings is 1. The highest BCUT2D eigenvalue weighted by atomic mass is 79.9. The first-order valence-corrected chi connectivity index (χ1v) is 9.72. The second kappa shape index (κ2) is 7.14. The summed E-state index contributed by atoms with van der Waals surface area (Å²) in [6, 6.07) is 7.81. The van der Waals surface area contributed by atoms with Crippen molar-refractivity contribution in [2.45, 2.75) is 51.7 Å². The number of halogens is 2. The van der Waals surface area contributed by atoms with E-state index in [-0.39, 0.29) is 11.6 Å². The van der Waals surface area contributed by atoms with E-state index in [9.17, 15) is 0 Å². The summed E-state index contributed by atoms with van der Waals surface area (Å²) in [6.07, 6.45) is 2.01. The normalized spacial score (nSPS) is 26.5. The molecule has 3 nitrogen and oxygen atoms in total. The van der Waals surface area contributed by atoms with Gasteiger partial charge in [0, 0.05) is 11.0 Å². The van der Waals surface area contributed by atoms with Crippen LogP contribution in [0.5, 0.6) is 0 Å². The number of nitrogens with one attached hydrogen (secondary N) is 1. The van der Waals surface area contributed by atoms with E-state index in [1.165, 1.54) is 0 Å². The first-order chi connectivity index (χ1) is 11.7. The molecule has 0 aromatic heterocycles. The maximum atomic E-state index is 15.6. The second-order valence-corrected chi connectivity index (χ2v) is 8.82. The lowest BCUT2D eigenvalue weighted by Crippen LogP contribution is -2.41. The Bertz CT molecular complexity index is 638. The summed E-state index contributed by atoms with van der Waals surface area (Å²) in [5, 5.41) is 3.38. The van der Waals surface area contributed by atoms with Gasteiger partial charge in [-0.3, -0.25) is 0 Å². The molecule has 0 bridgehead atoms. The third-order valence-corrected chi connectivity index (χ3v) is 6.11. The molecule has 3 rings (SSSR count). The quantitative estimate of drug-likeness (QED) is 0.730. The van der Waals surface area contributed by atoms with E-state index < -0.39 is 18.3 Å². The van der Waals surface area contributed by atoms with Crippen molar-refractivity contribution < 1.29 is 13.7 Å². The molecule has 0 radical (unpaired) electrons. The van der Waals surface area contributed by atoms with Crippen molar-refractivity contribution in [1.29, 1.82) is 0 Å². The summed E-state index contributed by atoms with van der Waals surface area (Å²) in [7, 11) is -0.953. The van der Waals surface area contributed by atoms with Crippen LogP contribution in [0.2, 0.25) is 0 Å². The Morgan fingerprint density at radius 3 is 2.28 bits per heavy atom. The lowest BCUT2D eigenvalue weighted by atomic mass is 9.76. The zero-order valence-electron chi connectivity index (χ0n) is 15.4. The topological polar surface area (TPSA) is 30.5 Å². The minimum Gasteiger partial charge on any atom is -0.398 e. The predicted octanol–water partition coefficient (Wildman–Crippen LogP) is 4.76. The molecular formula is C19H26BBrFNO2. The van der Waals surface area contributed by atoms with Gasteiger partial charge in [-0.05, 0) is 76.3 Å². The van der Waals surface area contributed by atoms with Crippen LogP contribution in [0.25, 0.3) is 5.57 Å². The fourth-order valence-electron chi connectivity index (χ4n) is 3.37. The number of piperidine rings is 1. The first-order valence-electron chi connectivity index (χ1n) is 8.93. The number of hydrogen-bond acceptors (Lipinski definition) is 3. The lowest BCUT2D eigenvalue weighted by Gasteiger charge is -2.32. The SMILES string of the molecule is CC1(C)OB(C(F)=C(c2ccc(Br)cc2)C2CCCNC2)OC1(C)C. The van der Waals surface area contributed by atoms with Gasteiger partial charge in [-0.2, -0.15) is 0 Å². The molecule has 1 atom stereocenters. The smallest absolute Gasteiger partial charge is 0.398 e. The van der Waals surface area contributed by atoms with Gasteiger partial charge in [0.1, 0.15) is 5.73 Å². The Morgan fingerprint density at radius 2 is 1.76 bits per heavy atom. The average Bonchev–Trinajstić information content (AvgIpc) is 2.78. The molecule has 0 spiro atoms. The zero-order valence-corrected chi connectivity index (χ0v) is 17.0. The van der Waals surface area contributed by atoms with Crippen LogP contribution in [0.4, 0.5) is 4.39 Å². The minimum atomic E-state index is -0.953. The van der Waals surface area contributed by atoms with Crippen molar-refractivity contribution in [3.63, 3.8) is 0 Å². The van der Waals surface area contributed by atoms with Crippen molar-refractivity contribution in [1.82, 2.24) is 5.32 Å². The molecule has 2 saturated heterocycles. The molecule has 2 fully saturated rings. The molecule has 136 valence electrons. The average molecular weight is 410 g/mol. The van der Waals surface area contributed by atoms with E-state index in [4.69, 9.17) is 9.31 Å². The monoisotopic (exact) mass is 409 g/mol. The van der Waals surface area contributed by atoms with Gasteiger partial charge in [0.2, 0.25) is 0 Å². The summed E-state index contributed by atoms with van der Waals surface area (Å²) < 4.78 is 28.5. The molecule has 1 aromatic carbocycles. The second-order valence-electron chi connectivity index (χ2n) is 7.90. The van der Waals surface area contributed by atoms with Gasteiger partial charge < -0.3 is 14.6 Å². The third-order valence-electron chi connectivity index (χ3n) is 5.58. The van der Waals surface area contributed by atoms with Crippen molar-refractivity contribution in [2.24, 2.45) is 5.92 Å². The van der Waals surface area contributed by atoms with Crippen molar-refractivity contribution in [3.8, 4) is 0 Å². The fourth-order valence-corrected chi connectivity index (χ4v) is 3.63. The summed E-state index contributed by atoms with van der Waals surface area (Å²) >= 11 is 3.45. The van der Waals surface area contributed by atoms with Crippen LogP contribution in [0, 0.1) is 5.92 Å². The van der Waals surface area contributed by atoms with Crippen LogP contribution in [-0.4, -0.2) is 31.4 Å². The van der Waals surface area contributed by atoms with Gasteiger partial charge in [-0.15, -0.1) is 0 Å². The molecule has 0 aliphatic carbocycles. The van der Waals surface area contributed by atoms with Gasteiger partial charge >= 0.3 is 7.12 Å². The van der Waals surface area contributed by atoms with E-state index >= 15 is 4.39 Å². The molecule has 25 heavy (non-hydrogen) atoms. The van der Waals surface area contributed by atoms with Gasteiger partial charge in [-0.1, -0.05) is 28.1 Å². The standard InChI is InChI=1S/C19H26BBrFNO2/c1-18(2)19(3,4)25-20(24-18)17(22)16(14-6-5-11-23-12-14)13-7-9-15(21)10-8-13/h7-10,14,23H,5-6,11-12H2,1-4H3. The molecule has 1 unspecified atom stereocenters. The number of hydrogen-bond donors (Lipinski definition) is 1. The van der Waals surface area contributed by atoms with E-state index in [0.29, 0.717) is 5.57 Å². The molecule has 6 heteroatoms. The van der Waals surface area contributed by atoms with E-state index in [0.717, 1.165) is 36.0 Å². The molecule has 2 heterocycles. The summed E-state index contributed by atoms with van der Waals surface area (Å²) in [5.74, 6) is 0.119. The van der Waals surface area contributed by atoms with E-state index in [1.807, 2.05) is 52.0 Å². The summed E-state index contributed by atoms with van der Waals surface area (Å²) in [6.45, 7) is 9.55. The molecule has 1 N–H and O–H groups in total. The van der Waals surface area contributed by atoms with E-state index in [1.54, 1.807) is 0 Å². The minimum absolute atomic E-state index is 0.119. The summed E-state index contributed by atoms with van der Waals surface area (Å²) in [5.41, 5.74) is 0.201.